The highest BCUT2D eigenvalue weighted by Crippen LogP contribution is 2.62. The Hall–Kier alpha value is -3.23. The zero-order valence-corrected chi connectivity index (χ0v) is 18.5. The zero-order chi connectivity index (χ0) is 31.5. The molecule has 0 radical (unpaired) electrons. The zero-order valence-electron chi connectivity index (χ0n) is 18.5. The molecule has 0 aliphatic heterocycles. The van der Waals surface area contributed by atoms with E-state index in [0.29, 0.717) is 5.56 Å². The van der Waals surface area contributed by atoms with E-state index in [4.69, 9.17) is 0 Å². The van der Waals surface area contributed by atoms with E-state index in [-0.39, 0.29) is 0 Å². The fraction of sp³-hybridized carbons (Fsp3) is 0.500. The van der Waals surface area contributed by atoms with E-state index in [9.17, 15) is 79.0 Å². The molecule has 4 nitrogen and oxygen atoms in total. The lowest BCUT2D eigenvalue weighted by Gasteiger charge is -2.39. The van der Waals surface area contributed by atoms with E-state index < -0.39 is 71.2 Å². The number of hydrogen-bond acceptors (Lipinski definition) is 4. The first kappa shape index (κ1) is 33.0. The maximum atomic E-state index is 13.6. The molecule has 0 aliphatic rings. The molecule has 1 heterocycles. The van der Waals surface area contributed by atoms with Gasteiger partial charge in [-0.3, -0.25) is 0 Å². The minimum absolute atomic E-state index is 0.332. The molecule has 1 aromatic heterocycles. The summed E-state index contributed by atoms with van der Waals surface area (Å²) in [5.41, 5.74) is -15.3. The quantitative estimate of drug-likeness (QED) is 0.354. The normalized spacial score (nSPS) is 14.9. The molecule has 0 atom stereocenters. The molecule has 2 aromatic rings. The molecule has 0 fully saturated rings. The second-order valence-corrected chi connectivity index (χ2v) is 7.78. The van der Waals surface area contributed by atoms with Gasteiger partial charge in [0.1, 0.15) is 0 Å². The minimum atomic E-state index is -7.74. The lowest BCUT2D eigenvalue weighted by molar-refractivity contribution is -0.391. The second kappa shape index (κ2) is 9.42. The highest BCUT2D eigenvalue weighted by atomic mass is 19.4. The van der Waals surface area contributed by atoms with Gasteiger partial charge in [0.15, 0.2) is 11.6 Å². The number of rotatable bonds is 4. The molecule has 2 rings (SSSR count). The Balaban J connectivity index is 3.26. The van der Waals surface area contributed by atoms with Crippen LogP contribution in [-0.2, 0) is 10.8 Å². The van der Waals surface area contributed by atoms with Gasteiger partial charge in [0.2, 0.25) is 5.95 Å². The molecule has 40 heavy (non-hydrogen) atoms. The monoisotopic (exact) mass is 622 g/mol. The Morgan fingerprint density at radius 3 is 0.975 bits per heavy atom. The average molecular weight is 622 g/mol. The fourth-order valence-electron chi connectivity index (χ4n) is 3.26. The molecule has 226 valence electrons. The highest BCUT2D eigenvalue weighted by molar-refractivity contribution is 5.54. The summed E-state index contributed by atoms with van der Waals surface area (Å²) >= 11 is 0. The van der Waals surface area contributed by atoms with Gasteiger partial charge in [-0.2, -0.15) is 89.0 Å². The van der Waals surface area contributed by atoms with Crippen molar-refractivity contribution in [3.8, 4) is 0 Å². The molecular formula is C18H8F18N4. The summed E-state index contributed by atoms with van der Waals surface area (Å²) in [6, 6.07) is 3.63. The van der Waals surface area contributed by atoms with Crippen molar-refractivity contribution in [3.05, 3.63) is 41.5 Å². The topological polar surface area (TPSA) is 50.7 Å². The molecule has 0 saturated heterocycles. The Morgan fingerprint density at radius 2 is 0.725 bits per heavy atom. The number of nitrogens with one attached hydrogen (secondary N) is 1. The first-order valence-electron chi connectivity index (χ1n) is 9.56. The van der Waals surface area contributed by atoms with Crippen LogP contribution < -0.4 is 5.32 Å². The summed E-state index contributed by atoms with van der Waals surface area (Å²) in [7, 11) is 0. The third kappa shape index (κ3) is 5.03. The Morgan fingerprint density at radius 1 is 0.450 bits per heavy atom. The van der Waals surface area contributed by atoms with Crippen molar-refractivity contribution >= 4 is 11.6 Å². The molecule has 0 amide bonds. The summed E-state index contributed by atoms with van der Waals surface area (Å²) in [4.78, 5) is 5.53. The van der Waals surface area contributed by atoms with Crippen molar-refractivity contribution in [2.45, 2.75) is 54.8 Å². The van der Waals surface area contributed by atoms with Gasteiger partial charge in [-0.15, -0.1) is 0 Å². The molecule has 22 heteroatoms. The number of alkyl halides is 18. The molecule has 0 spiro atoms. The summed E-state index contributed by atoms with van der Waals surface area (Å²) in [6.45, 7) is 1.36. The lowest BCUT2D eigenvalue weighted by atomic mass is 9.82. The summed E-state index contributed by atoms with van der Waals surface area (Å²) in [6.07, 6.45) is -46.4. The molecular weight excluding hydrogens is 614 g/mol. The van der Waals surface area contributed by atoms with Gasteiger partial charge in [0, 0.05) is 5.69 Å². The van der Waals surface area contributed by atoms with Gasteiger partial charge in [0.05, 0.1) is 0 Å². The van der Waals surface area contributed by atoms with Crippen LogP contribution in [0.4, 0.5) is 90.7 Å². The van der Waals surface area contributed by atoms with Gasteiger partial charge < -0.3 is 5.32 Å². The van der Waals surface area contributed by atoms with Gasteiger partial charge in [-0.05, 0) is 19.1 Å². The Kier molecular flexibility index (Phi) is 7.76. The minimum Gasteiger partial charge on any atom is -0.324 e. The van der Waals surface area contributed by atoms with E-state index in [0.717, 1.165) is 24.3 Å². The lowest BCUT2D eigenvalue weighted by Crippen LogP contribution is -2.66. The van der Waals surface area contributed by atoms with Crippen LogP contribution in [-0.4, -0.2) is 52.0 Å². The fourth-order valence-corrected chi connectivity index (χ4v) is 3.26. The molecule has 1 aromatic carbocycles. The van der Waals surface area contributed by atoms with Crippen molar-refractivity contribution in [1.82, 2.24) is 15.0 Å². The van der Waals surface area contributed by atoms with E-state index in [1.165, 1.54) is 17.2 Å². The number of nitrogens with zero attached hydrogens (tertiary/aromatic N) is 3. The van der Waals surface area contributed by atoms with Crippen LogP contribution in [0, 0.1) is 6.92 Å². The van der Waals surface area contributed by atoms with E-state index >= 15 is 0 Å². The summed E-state index contributed by atoms with van der Waals surface area (Å²) in [5, 5.41) is 1.40. The molecule has 0 aliphatic carbocycles. The van der Waals surface area contributed by atoms with Crippen LogP contribution in [0.3, 0.4) is 0 Å². The van der Waals surface area contributed by atoms with E-state index in [2.05, 4.69) is 9.97 Å². The van der Waals surface area contributed by atoms with Gasteiger partial charge in [0.25, 0.3) is 0 Å². The number of halogens is 18. The van der Waals surface area contributed by atoms with E-state index in [1.54, 1.807) is 0 Å². The first-order chi connectivity index (χ1) is 17.6. The largest absolute Gasteiger partial charge is 0.419 e. The number of aryl methyl sites for hydroxylation is 1. The number of hydrogen-bond donors (Lipinski definition) is 1. The van der Waals surface area contributed by atoms with Crippen molar-refractivity contribution < 1.29 is 79.0 Å². The van der Waals surface area contributed by atoms with Crippen LogP contribution >= 0.6 is 0 Å². The third-order valence-corrected chi connectivity index (χ3v) is 5.17. The van der Waals surface area contributed by atoms with Crippen LogP contribution in [0.5, 0.6) is 0 Å². The number of anilines is 2. The molecule has 0 bridgehead atoms. The van der Waals surface area contributed by atoms with Crippen molar-refractivity contribution in [1.29, 1.82) is 0 Å². The summed E-state index contributed by atoms with van der Waals surface area (Å²) < 4.78 is 244. The van der Waals surface area contributed by atoms with Crippen LogP contribution in [0.2, 0.25) is 0 Å². The predicted molar refractivity (Wildman–Crippen MR) is 94.0 cm³/mol. The van der Waals surface area contributed by atoms with Gasteiger partial charge >= 0.3 is 47.9 Å². The van der Waals surface area contributed by atoms with Crippen molar-refractivity contribution in [2.24, 2.45) is 0 Å². The van der Waals surface area contributed by atoms with Crippen LogP contribution in [0.1, 0.15) is 17.2 Å². The second-order valence-electron chi connectivity index (χ2n) is 7.78. The van der Waals surface area contributed by atoms with Crippen molar-refractivity contribution in [2.75, 3.05) is 5.32 Å². The predicted octanol–water partition coefficient (Wildman–Crippen LogP) is 7.77. The van der Waals surface area contributed by atoms with Crippen LogP contribution in [0.15, 0.2) is 24.3 Å². The average Bonchev–Trinajstić information content (AvgIpc) is 2.63. The molecule has 0 unspecified atom stereocenters. The SMILES string of the molecule is Cc1ccc(Nc2nc(C(C(F)(F)F)(C(F)(F)F)C(F)(F)F)nc(C(C(F)(F)F)(C(F)(F)F)C(F)(F)F)n2)cc1. The maximum absolute atomic E-state index is 13.6. The third-order valence-electron chi connectivity index (χ3n) is 5.17. The number of aromatic nitrogens is 3. The smallest absolute Gasteiger partial charge is 0.324 e. The van der Waals surface area contributed by atoms with Crippen LogP contribution in [0.25, 0.3) is 0 Å². The standard InChI is InChI=1S/C18H8F18N4/c1-6-2-4-7(5-3-6)37-10-39-8(11(13(19,20)21,14(22,23)24)15(25,26)27)38-9(40-10)12(16(28,29)30,17(31,32)33)18(34,35)36/h2-5H,1H3,(H,37,38,39,40). The van der Waals surface area contributed by atoms with Gasteiger partial charge in [-0.25, -0.2) is 4.98 Å². The number of benzene rings is 1. The first-order valence-corrected chi connectivity index (χ1v) is 9.56. The molecule has 0 saturated carbocycles. The van der Waals surface area contributed by atoms with E-state index in [1.807, 2.05) is 0 Å². The Labute approximate surface area is 208 Å². The maximum Gasteiger partial charge on any atom is 0.419 e. The highest BCUT2D eigenvalue weighted by Gasteiger charge is 2.89. The van der Waals surface area contributed by atoms with Gasteiger partial charge in [-0.1, -0.05) is 17.7 Å². The molecule has 1 N–H and O–H groups in total. The Bertz CT molecular complexity index is 1060. The van der Waals surface area contributed by atoms with Crippen molar-refractivity contribution in [3.63, 3.8) is 0 Å². The summed E-state index contributed by atoms with van der Waals surface area (Å²) in [5.74, 6) is -10.4.